The van der Waals surface area contributed by atoms with E-state index in [1.807, 2.05) is 43.3 Å². The van der Waals surface area contributed by atoms with Crippen LogP contribution in [0.4, 0.5) is 5.69 Å². The van der Waals surface area contributed by atoms with Crippen molar-refractivity contribution in [3.63, 3.8) is 0 Å². The molecule has 0 spiro atoms. The van der Waals surface area contributed by atoms with Crippen LogP contribution < -0.4 is 11.1 Å². The largest absolute Gasteiger partial charge is 0.478 e. The molecule has 2 heterocycles. The van der Waals surface area contributed by atoms with Crippen LogP contribution in [0.5, 0.6) is 0 Å². The lowest BCUT2D eigenvalue weighted by Crippen LogP contribution is -2.26. The van der Waals surface area contributed by atoms with Crippen molar-refractivity contribution < 1.29 is 9.90 Å². The maximum atomic E-state index is 12.0. The van der Waals surface area contributed by atoms with Gasteiger partial charge in [0, 0.05) is 10.9 Å². The number of anilines is 1. The first kappa shape index (κ1) is 17.5. The Bertz CT molecular complexity index is 1020. The van der Waals surface area contributed by atoms with Crippen molar-refractivity contribution in [2.24, 2.45) is 0 Å². The summed E-state index contributed by atoms with van der Waals surface area (Å²) in [5, 5.41) is 13.9. The van der Waals surface area contributed by atoms with Crippen LogP contribution in [0.3, 0.4) is 0 Å². The molecule has 4 rings (SSSR count). The lowest BCUT2D eigenvalue weighted by molar-refractivity contribution is 0.0698. The zero-order valence-electron chi connectivity index (χ0n) is 15.3. The number of aromatic nitrogens is 1. The van der Waals surface area contributed by atoms with E-state index in [1.54, 1.807) is 0 Å². The molecule has 1 aliphatic rings. The van der Waals surface area contributed by atoms with Crippen molar-refractivity contribution in [3.05, 3.63) is 59.2 Å². The van der Waals surface area contributed by atoms with E-state index < -0.39 is 5.97 Å². The highest BCUT2D eigenvalue weighted by Crippen LogP contribution is 2.36. The third-order valence-electron chi connectivity index (χ3n) is 5.47. The zero-order valence-corrected chi connectivity index (χ0v) is 15.3. The molecule has 5 heteroatoms. The Morgan fingerprint density at radius 1 is 1.19 bits per heavy atom. The fourth-order valence-corrected chi connectivity index (χ4v) is 3.96. The molecule has 1 aliphatic heterocycles. The molecule has 27 heavy (non-hydrogen) atoms. The first-order valence-corrected chi connectivity index (χ1v) is 9.29. The molecule has 0 aliphatic carbocycles. The van der Waals surface area contributed by atoms with Gasteiger partial charge in [0.15, 0.2) is 0 Å². The van der Waals surface area contributed by atoms with E-state index in [2.05, 4.69) is 11.4 Å². The minimum absolute atomic E-state index is 0.0826. The van der Waals surface area contributed by atoms with E-state index in [4.69, 9.17) is 10.7 Å². The average Bonchev–Trinajstić information content (AvgIpc) is 2.68. The topological polar surface area (TPSA) is 88.2 Å². The number of piperidine rings is 1. The predicted octanol–water partition coefficient (Wildman–Crippen LogP) is 3.96. The first-order valence-electron chi connectivity index (χ1n) is 9.29. The van der Waals surface area contributed by atoms with Gasteiger partial charge in [0.1, 0.15) is 5.56 Å². The summed E-state index contributed by atoms with van der Waals surface area (Å²) in [6.45, 7) is 3.95. The Labute approximate surface area is 158 Å². The maximum Gasteiger partial charge on any atom is 0.340 e. The molecule has 138 valence electrons. The summed E-state index contributed by atoms with van der Waals surface area (Å²) in [5.41, 5.74) is 10.9. The van der Waals surface area contributed by atoms with Gasteiger partial charge >= 0.3 is 5.97 Å². The van der Waals surface area contributed by atoms with Crippen LogP contribution in [0, 0.1) is 6.92 Å². The lowest BCUT2D eigenvalue weighted by Gasteiger charge is -2.23. The monoisotopic (exact) mass is 361 g/mol. The summed E-state index contributed by atoms with van der Waals surface area (Å²) in [7, 11) is 0. The smallest absolute Gasteiger partial charge is 0.340 e. The molecule has 0 atom stereocenters. The van der Waals surface area contributed by atoms with Gasteiger partial charge in [0.25, 0.3) is 0 Å². The van der Waals surface area contributed by atoms with E-state index in [-0.39, 0.29) is 5.56 Å². The molecule has 0 bridgehead atoms. The summed E-state index contributed by atoms with van der Waals surface area (Å²) in [5.74, 6) is -0.577. The molecule has 1 aromatic heterocycles. The van der Waals surface area contributed by atoms with Crippen LogP contribution in [-0.4, -0.2) is 29.1 Å². The summed E-state index contributed by atoms with van der Waals surface area (Å²) in [6.07, 6.45) is 2.15. The van der Waals surface area contributed by atoms with Crippen LogP contribution in [0.15, 0.2) is 42.5 Å². The number of carboxylic acids is 1. The van der Waals surface area contributed by atoms with Crippen molar-refractivity contribution in [2.75, 3.05) is 18.8 Å². The molecule has 1 saturated heterocycles. The first-order chi connectivity index (χ1) is 13.1. The van der Waals surface area contributed by atoms with Gasteiger partial charge in [-0.15, -0.1) is 0 Å². The highest BCUT2D eigenvalue weighted by atomic mass is 16.4. The van der Waals surface area contributed by atoms with E-state index in [1.165, 1.54) is 5.56 Å². The van der Waals surface area contributed by atoms with Gasteiger partial charge in [-0.1, -0.05) is 30.3 Å². The number of aryl methyl sites for hydroxylation is 1. The molecule has 0 amide bonds. The zero-order chi connectivity index (χ0) is 19.0. The Hall–Kier alpha value is -2.92. The number of rotatable bonds is 3. The van der Waals surface area contributed by atoms with E-state index >= 15 is 0 Å². The molecule has 2 aromatic carbocycles. The number of benzene rings is 2. The van der Waals surface area contributed by atoms with E-state index in [0.29, 0.717) is 17.3 Å². The summed E-state index contributed by atoms with van der Waals surface area (Å²) in [6, 6.07) is 13.7. The third kappa shape index (κ3) is 3.15. The number of aromatic carboxylic acids is 1. The molecule has 0 unspecified atom stereocenters. The minimum Gasteiger partial charge on any atom is -0.478 e. The van der Waals surface area contributed by atoms with Crippen LogP contribution in [-0.2, 0) is 0 Å². The number of nitrogens with zero attached hydrogens (tertiary/aromatic N) is 1. The number of carbonyl (C=O) groups is 1. The molecule has 4 N–H and O–H groups in total. The minimum atomic E-state index is -1.05. The second-order valence-electron chi connectivity index (χ2n) is 7.17. The Morgan fingerprint density at radius 3 is 2.63 bits per heavy atom. The Balaban J connectivity index is 1.92. The van der Waals surface area contributed by atoms with Crippen molar-refractivity contribution in [1.82, 2.24) is 10.3 Å². The highest BCUT2D eigenvalue weighted by molar-refractivity contribution is 6.08. The van der Waals surface area contributed by atoms with Gasteiger partial charge in [-0.25, -0.2) is 9.78 Å². The normalized spacial score (nSPS) is 15.1. The second kappa shape index (κ2) is 7.00. The van der Waals surface area contributed by atoms with E-state index in [0.717, 1.165) is 48.0 Å². The van der Waals surface area contributed by atoms with Crippen LogP contribution in [0.2, 0.25) is 0 Å². The van der Waals surface area contributed by atoms with Crippen molar-refractivity contribution in [2.45, 2.75) is 25.7 Å². The van der Waals surface area contributed by atoms with Gasteiger partial charge in [-0.3, -0.25) is 0 Å². The number of carboxylic acid groups (broad SMARTS) is 1. The molecule has 5 nitrogen and oxygen atoms in total. The van der Waals surface area contributed by atoms with Gasteiger partial charge in [0.2, 0.25) is 0 Å². The summed E-state index contributed by atoms with van der Waals surface area (Å²) < 4.78 is 0. The van der Waals surface area contributed by atoms with Gasteiger partial charge < -0.3 is 16.2 Å². The van der Waals surface area contributed by atoms with Crippen LogP contribution in [0.25, 0.3) is 22.2 Å². The third-order valence-corrected chi connectivity index (χ3v) is 5.47. The average molecular weight is 361 g/mol. The van der Waals surface area contributed by atoms with Gasteiger partial charge in [-0.2, -0.15) is 0 Å². The standard InChI is InChI=1S/C22H23N3O2/c1-13-4-2-3-5-16(13)21-19(22(26)27)20(23)17-12-15(6-7-18(17)25-21)14-8-10-24-11-9-14/h2-7,12,14,24H,8-11H2,1H3,(H2,23,25)(H,26,27). The molecule has 0 radical (unpaired) electrons. The van der Waals surface area contributed by atoms with Crippen molar-refractivity contribution >= 4 is 22.6 Å². The van der Waals surface area contributed by atoms with Crippen LogP contribution >= 0.6 is 0 Å². The van der Waals surface area contributed by atoms with Crippen molar-refractivity contribution in [3.8, 4) is 11.3 Å². The van der Waals surface area contributed by atoms with Gasteiger partial charge in [-0.05, 0) is 62.0 Å². The Morgan fingerprint density at radius 2 is 1.93 bits per heavy atom. The van der Waals surface area contributed by atoms with Gasteiger partial charge in [0.05, 0.1) is 16.9 Å². The fraction of sp³-hybridized carbons (Fsp3) is 0.273. The number of hydrogen-bond donors (Lipinski definition) is 3. The Kier molecular flexibility index (Phi) is 4.54. The molecule has 1 fully saturated rings. The van der Waals surface area contributed by atoms with Crippen molar-refractivity contribution in [1.29, 1.82) is 0 Å². The maximum absolute atomic E-state index is 12.0. The predicted molar refractivity (Wildman–Crippen MR) is 108 cm³/mol. The molecular formula is C22H23N3O2. The summed E-state index contributed by atoms with van der Waals surface area (Å²) >= 11 is 0. The van der Waals surface area contributed by atoms with E-state index in [9.17, 15) is 9.90 Å². The number of nitrogen functional groups attached to an aromatic ring is 1. The number of nitrogens with one attached hydrogen (secondary N) is 1. The fourth-order valence-electron chi connectivity index (χ4n) is 3.96. The number of pyridine rings is 1. The quantitative estimate of drug-likeness (QED) is 0.657. The lowest BCUT2D eigenvalue weighted by atomic mass is 9.88. The SMILES string of the molecule is Cc1ccccc1-c1nc2ccc(C3CCNCC3)cc2c(N)c1C(=O)O. The van der Waals surface area contributed by atoms with Crippen LogP contribution in [0.1, 0.15) is 40.2 Å². The second-order valence-corrected chi connectivity index (χ2v) is 7.17. The molecule has 3 aromatic rings. The highest BCUT2D eigenvalue weighted by Gasteiger charge is 2.22. The number of nitrogens with two attached hydrogens (primary N) is 1. The molecule has 0 saturated carbocycles. The summed E-state index contributed by atoms with van der Waals surface area (Å²) in [4.78, 5) is 16.7. The molecular weight excluding hydrogens is 338 g/mol. The number of fused-ring (bicyclic) bond motifs is 1. The number of hydrogen-bond acceptors (Lipinski definition) is 4.